The van der Waals surface area contributed by atoms with Crippen molar-refractivity contribution >= 4 is 33.3 Å². The zero-order chi connectivity index (χ0) is 14.1. The Morgan fingerprint density at radius 2 is 1.80 bits per heavy atom. The van der Waals surface area contributed by atoms with Gasteiger partial charge in [0.05, 0.1) is 5.02 Å². The summed E-state index contributed by atoms with van der Waals surface area (Å²) < 4.78 is 0.753. The van der Waals surface area contributed by atoms with E-state index in [9.17, 15) is 4.79 Å². The maximum Gasteiger partial charge on any atom is 0.194 e. The second-order valence-electron chi connectivity index (χ2n) is 5.12. The van der Waals surface area contributed by atoms with Crippen molar-refractivity contribution in [2.24, 2.45) is 0 Å². The number of hydrogen-bond acceptors (Lipinski definition) is 1. The van der Waals surface area contributed by atoms with Gasteiger partial charge in [-0.15, -0.1) is 0 Å². The van der Waals surface area contributed by atoms with E-state index in [0.717, 1.165) is 22.9 Å². The molecule has 102 valence electrons. The van der Waals surface area contributed by atoms with Crippen LogP contribution >= 0.6 is 27.5 Å². The van der Waals surface area contributed by atoms with E-state index in [0.29, 0.717) is 10.6 Å². The molecular formula is C17H14BrClO. The largest absolute Gasteiger partial charge is 0.289 e. The Bertz CT molecular complexity index is 679. The summed E-state index contributed by atoms with van der Waals surface area (Å²) in [6, 6.07) is 11.5. The molecule has 0 N–H and O–H groups in total. The van der Waals surface area contributed by atoms with E-state index in [-0.39, 0.29) is 5.78 Å². The Kier molecular flexibility index (Phi) is 3.95. The minimum Gasteiger partial charge on any atom is -0.289 e. The van der Waals surface area contributed by atoms with Gasteiger partial charge in [-0.3, -0.25) is 4.79 Å². The van der Waals surface area contributed by atoms with Crippen LogP contribution < -0.4 is 0 Å². The first-order valence-electron chi connectivity index (χ1n) is 6.77. The van der Waals surface area contributed by atoms with Crippen LogP contribution in [-0.4, -0.2) is 5.78 Å². The molecule has 3 heteroatoms. The van der Waals surface area contributed by atoms with E-state index >= 15 is 0 Å². The van der Waals surface area contributed by atoms with Crippen LogP contribution in [0.1, 0.15) is 39.9 Å². The molecule has 0 aromatic heterocycles. The van der Waals surface area contributed by atoms with Gasteiger partial charge in [-0.25, -0.2) is 0 Å². The van der Waals surface area contributed by atoms with Gasteiger partial charge in [-0.1, -0.05) is 29.8 Å². The lowest BCUT2D eigenvalue weighted by atomic mass is 9.89. The van der Waals surface area contributed by atoms with Gasteiger partial charge in [0.15, 0.2) is 5.78 Å². The number of hydrogen-bond donors (Lipinski definition) is 0. The monoisotopic (exact) mass is 348 g/mol. The third-order valence-corrected chi connectivity index (χ3v) is 5.10. The molecule has 2 aromatic carbocycles. The van der Waals surface area contributed by atoms with Crippen LogP contribution in [-0.2, 0) is 12.8 Å². The van der Waals surface area contributed by atoms with Gasteiger partial charge < -0.3 is 0 Å². The first kappa shape index (κ1) is 13.8. The number of halogens is 2. The third-order valence-electron chi connectivity index (χ3n) is 3.81. The first-order valence-corrected chi connectivity index (χ1v) is 7.94. The molecule has 2 aromatic rings. The molecule has 20 heavy (non-hydrogen) atoms. The maximum absolute atomic E-state index is 12.6. The van der Waals surface area contributed by atoms with Gasteiger partial charge in [-0.05, 0) is 70.9 Å². The van der Waals surface area contributed by atoms with Crippen LogP contribution in [0.5, 0.6) is 0 Å². The lowest BCUT2D eigenvalue weighted by Gasteiger charge is -2.16. The smallest absolute Gasteiger partial charge is 0.194 e. The zero-order valence-corrected chi connectivity index (χ0v) is 13.3. The van der Waals surface area contributed by atoms with E-state index in [1.54, 1.807) is 6.07 Å². The van der Waals surface area contributed by atoms with E-state index in [1.807, 2.05) is 24.3 Å². The molecule has 1 aliphatic rings. The van der Waals surface area contributed by atoms with Crippen molar-refractivity contribution in [2.45, 2.75) is 25.7 Å². The summed E-state index contributed by atoms with van der Waals surface area (Å²) in [6.45, 7) is 0. The molecule has 0 bridgehead atoms. The minimum absolute atomic E-state index is 0.00956. The summed E-state index contributed by atoms with van der Waals surface area (Å²) in [7, 11) is 0. The summed E-state index contributed by atoms with van der Waals surface area (Å²) in [4.78, 5) is 12.6. The van der Waals surface area contributed by atoms with E-state index in [2.05, 4.69) is 22.0 Å². The molecule has 3 rings (SSSR count). The van der Waals surface area contributed by atoms with Gasteiger partial charge in [0.25, 0.3) is 0 Å². The van der Waals surface area contributed by atoms with Gasteiger partial charge >= 0.3 is 0 Å². The molecule has 0 saturated heterocycles. The van der Waals surface area contributed by atoms with Gasteiger partial charge in [0.2, 0.25) is 0 Å². The molecule has 0 fully saturated rings. The molecular weight excluding hydrogens is 336 g/mol. The second kappa shape index (κ2) is 5.71. The number of fused-ring (bicyclic) bond motifs is 1. The van der Waals surface area contributed by atoms with Gasteiger partial charge in [-0.2, -0.15) is 0 Å². The van der Waals surface area contributed by atoms with Crippen molar-refractivity contribution in [1.82, 2.24) is 0 Å². The normalized spacial score (nSPS) is 13.9. The number of carbonyl (C=O) groups is 1. The number of rotatable bonds is 2. The highest BCUT2D eigenvalue weighted by atomic mass is 79.9. The molecule has 0 saturated carbocycles. The van der Waals surface area contributed by atoms with Crippen LogP contribution in [0.25, 0.3) is 0 Å². The molecule has 0 atom stereocenters. The van der Waals surface area contributed by atoms with Crippen molar-refractivity contribution in [3.63, 3.8) is 0 Å². The molecule has 0 unspecified atom stereocenters. The summed E-state index contributed by atoms with van der Waals surface area (Å²) in [5.74, 6) is -0.00956. The highest BCUT2D eigenvalue weighted by Gasteiger charge is 2.17. The number of benzene rings is 2. The number of aryl methyl sites for hydroxylation is 2. The summed E-state index contributed by atoms with van der Waals surface area (Å²) in [5, 5.41) is 0.482. The quantitative estimate of drug-likeness (QED) is 0.680. The molecule has 1 aliphatic carbocycles. The van der Waals surface area contributed by atoms with Crippen molar-refractivity contribution in [2.75, 3.05) is 0 Å². The predicted octanol–water partition coefficient (Wildman–Crippen LogP) is 5.21. The number of ketones is 1. The van der Waals surface area contributed by atoms with E-state index in [4.69, 9.17) is 11.6 Å². The highest BCUT2D eigenvalue weighted by molar-refractivity contribution is 9.10. The van der Waals surface area contributed by atoms with Gasteiger partial charge in [0, 0.05) is 15.6 Å². The van der Waals surface area contributed by atoms with Crippen molar-refractivity contribution in [1.29, 1.82) is 0 Å². The van der Waals surface area contributed by atoms with E-state index < -0.39 is 0 Å². The van der Waals surface area contributed by atoms with Gasteiger partial charge in [0.1, 0.15) is 0 Å². The fourth-order valence-corrected chi connectivity index (χ4v) is 3.29. The fraction of sp³-hybridized carbons (Fsp3) is 0.235. The Morgan fingerprint density at radius 3 is 2.60 bits per heavy atom. The van der Waals surface area contributed by atoms with Crippen LogP contribution in [0.2, 0.25) is 5.02 Å². The Morgan fingerprint density at radius 1 is 1.05 bits per heavy atom. The lowest BCUT2D eigenvalue weighted by Crippen LogP contribution is -2.07. The minimum atomic E-state index is -0.00956. The van der Waals surface area contributed by atoms with Crippen molar-refractivity contribution < 1.29 is 4.79 Å². The Balaban J connectivity index is 2.00. The maximum atomic E-state index is 12.6. The standard InChI is InChI=1S/C17H14BrClO/c18-15-7-3-6-14(16(15)19)17(20)13-9-8-11-4-1-2-5-12(11)10-13/h3,6-10H,1-2,4-5H2. The molecule has 0 radical (unpaired) electrons. The van der Waals surface area contributed by atoms with Crippen molar-refractivity contribution in [3.8, 4) is 0 Å². The third kappa shape index (κ3) is 2.55. The van der Waals surface area contributed by atoms with Crippen LogP contribution in [0.15, 0.2) is 40.9 Å². The molecule has 1 nitrogen and oxygen atoms in total. The predicted molar refractivity (Wildman–Crippen MR) is 85.7 cm³/mol. The highest BCUT2D eigenvalue weighted by Crippen LogP contribution is 2.29. The average molecular weight is 350 g/mol. The summed E-state index contributed by atoms with van der Waals surface area (Å²) in [6.07, 6.45) is 4.66. The summed E-state index contributed by atoms with van der Waals surface area (Å²) in [5.41, 5.74) is 3.98. The number of carbonyl (C=O) groups excluding carboxylic acids is 1. The summed E-state index contributed by atoms with van der Waals surface area (Å²) >= 11 is 9.58. The molecule has 0 amide bonds. The second-order valence-corrected chi connectivity index (χ2v) is 6.35. The Labute approximate surface area is 132 Å². The first-order chi connectivity index (χ1) is 9.66. The van der Waals surface area contributed by atoms with Crippen LogP contribution in [0.3, 0.4) is 0 Å². The SMILES string of the molecule is O=C(c1ccc2c(c1)CCCC2)c1cccc(Br)c1Cl. The van der Waals surface area contributed by atoms with Crippen LogP contribution in [0.4, 0.5) is 0 Å². The topological polar surface area (TPSA) is 17.1 Å². The molecule has 0 spiro atoms. The van der Waals surface area contributed by atoms with Crippen molar-refractivity contribution in [3.05, 3.63) is 68.1 Å². The lowest BCUT2D eigenvalue weighted by molar-refractivity contribution is 0.103. The van der Waals surface area contributed by atoms with Crippen LogP contribution in [0, 0.1) is 0 Å². The molecule has 0 aliphatic heterocycles. The average Bonchev–Trinajstić information content (AvgIpc) is 2.49. The molecule has 0 heterocycles. The zero-order valence-electron chi connectivity index (χ0n) is 11.0. The van der Waals surface area contributed by atoms with E-state index in [1.165, 1.54) is 24.0 Å². The Hall–Kier alpha value is -1.12. The fourth-order valence-electron chi connectivity index (χ4n) is 2.71.